The van der Waals surface area contributed by atoms with Crippen LogP contribution in [0.2, 0.25) is 0 Å². The number of amides is 2. The van der Waals surface area contributed by atoms with Crippen LogP contribution in [-0.2, 0) is 19.6 Å². The van der Waals surface area contributed by atoms with Crippen LogP contribution in [0.3, 0.4) is 0 Å². The number of nitrogens with one attached hydrogen (secondary N) is 1. The number of carboxylic acid groups (broad SMARTS) is 1. The number of carbonyl (C=O) groups excluding carboxylic acids is 2. The molecule has 1 fully saturated rings. The average molecular weight is 602 g/mol. The second-order valence-corrected chi connectivity index (χ2v) is 13.4. The Morgan fingerprint density at radius 2 is 1.76 bits per heavy atom. The van der Waals surface area contributed by atoms with Crippen molar-refractivity contribution in [3.63, 3.8) is 0 Å². The number of Topliss-reactive ketones (excluding diaryl/α,β-unsaturated/α-hetero) is 1. The van der Waals surface area contributed by atoms with Gasteiger partial charge in [-0.2, -0.15) is 4.31 Å². The number of ketones is 1. The molecular formula is C30H39N3O8S. The zero-order valence-electron chi connectivity index (χ0n) is 24.4. The fraction of sp³-hybridized carbons (Fsp3) is 0.500. The van der Waals surface area contributed by atoms with E-state index in [1.54, 1.807) is 6.92 Å². The highest BCUT2D eigenvalue weighted by atomic mass is 32.2. The van der Waals surface area contributed by atoms with Gasteiger partial charge in [-0.25, -0.2) is 13.2 Å². The fourth-order valence-corrected chi connectivity index (χ4v) is 7.28. The Hall–Kier alpha value is -3.64. The quantitative estimate of drug-likeness (QED) is 0.365. The number of carbonyl (C=O) groups is 3. The van der Waals surface area contributed by atoms with Crippen LogP contribution in [-0.4, -0.2) is 72.5 Å². The summed E-state index contributed by atoms with van der Waals surface area (Å²) in [6, 6.07) is 11.5. The zero-order valence-corrected chi connectivity index (χ0v) is 25.2. The highest BCUT2D eigenvalue weighted by Crippen LogP contribution is 2.41. The molecule has 2 aromatic rings. The average Bonchev–Trinajstić information content (AvgIpc) is 3.29. The number of nitrogens with zero attached hydrogens (tertiary/aromatic N) is 2. The second-order valence-electron chi connectivity index (χ2n) is 11.5. The first-order chi connectivity index (χ1) is 19.9. The van der Waals surface area contributed by atoms with Crippen LogP contribution >= 0.6 is 0 Å². The largest absolute Gasteiger partial charge is 0.486 e. The minimum absolute atomic E-state index is 0.0180. The van der Waals surface area contributed by atoms with Crippen LogP contribution in [0.4, 0.5) is 4.79 Å². The molecule has 4 rings (SSSR count). The van der Waals surface area contributed by atoms with Crippen LogP contribution in [0.1, 0.15) is 65.0 Å². The summed E-state index contributed by atoms with van der Waals surface area (Å²) in [4.78, 5) is 40.5. The fourth-order valence-electron chi connectivity index (χ4n) is 5.50. The molecule has 2 unspecified atom stereocenters. The molecule has 42 heavy (non-hydrogen) atoms. The lowest BCUT2D eigenvalue weighted by atomic mass is 9.91. The Bertz CT molecular complexity index is 1410. The SMILES string of the molecule is CCCC[C@@H](C(=O)C(=O)NC(C)c1ccccc1)N(C(=O)O)C1CC(C)(C)CN1S(=O)(=O)c1ccc2c(c1)OCCO2. The number of hydrogen-bond acceptors (Lipinski definition) is 7. The van der Waals surface area contributed by atoms with E-state index in [1.807, 2.05) is 51.1 Å². The molecule has 0 saturated carbocycles. The number of sulfonamides is 1. The molecular weight excluding hydrogens is 562 g/mol. The molecule has 0 radical (unpaired) electrons. The highest BCUT2D eigenvalue weighted by Gasteiger charge is 2.51. The smallest absolute Gasteiger partial charge is 0.409 e. The molecule has 2 amide bonds. The predicted octanol–water partition coefficient (Wildman–Crippen LogP) is 4.19. The molecule has 2 aliphatic rings. The van der Waals surface area contributed by atoms with Gasteiger partial charge in [0.15, 0.2) is 11.5 Å². The van der Waals surface area contributed by atoms with Gasteiger partial charge in [0.1, 0.15) is 25.4 Å². The molecule has 11 nitrogen and oxygen atoms in total. The van der Waals surface area contributed by atoms with Gasteiger partial charge in [0.05, 0.1) is 10.9 Å². The zero-order chi connectivity index (χ0) is 30.7. The van der Waals surface area contributed by atoms with Gasteiger partial charge in [0.2, 0.25) is 15.8 Å². The monoisotopic (exact) mass is 601 g/mol. The molecule has 0 bridgehead atoms. The number of rotatable bonds is 11. The summed E-state index contributed by atoms with van der Waals surface area (Å²) in [5, 5.41) is 13.1. The Morgan fingerprint density at radius 1 is 1.10 bits per heavy atom. The topological polar surface area (TPSA) is 143 Å². The molecule has 2 N–H and O–H groups in total. The first-order valence-corrected chi connectivity index (χ1v) is 15.6. The number of unbranched alkanes of at least 4 members (excludes halogenated alkanes) is 1. The normalized spacial score (nSPS) is 19.5. The van der Waals surface area contributed by atoms with Crippen LogP contribution in [0.15, 0.2) is 53.4 Å². The van der Waals surface area contributed by atoms with E-state index < -0.39 is 51.5 Å². The van der Waals surface area contributed by atoms with E-state index >= 15 is 0 Å². The van der Waals surface area contributed by atoms with Gasteiger partial charge in [-0.1, -0.05) is 63.9 Å². The maximum absolute atomic E-state index is 14.0. The number of benzene rings is 2. The molecule has 2 aliphatic heterocycles. The summed E-state index contributed by atoms with van der Waals surface area (Å²) in [7, 11) is -4.25. The Morgan fingerprint density at radius 3 is 2.40 bits per heavy atom. The lowest BCUT2D eigenvalue weighted by molar-refractivity contribution is -0.142. The number of hydrogen-bond donors (Lipinski definition) is 2. The first kappa shape index (κ1) is 31.3. The van der Waals surface area contributed by atoms with Crippen molar-refractivity contribution < 1.29 is 37.4 Å². The molecule has 0 spiro atoms. The van der Waals surface area contributed by atoms with E-state index in [4.69, 9.17) is 9.47 Å². The molecule has 228 valence electrons. The summed E-state index contributed by atoms with van der Waals surface area (Å²) >= 11 is 0. The van der Waals surface area contributed by atoms with Crippen molar-refractivity contribution in [3.8, 4) is 11.5 Å². The summed E-state index contributed by atoms with van der Waals surface area (Å²) in [6.07, 6.45) is -1.36. The second kappa shape index (κ2) is 12.7. The minimum atomic E-state index is -4.25. The van der Waals surface area contributed by atoms with Crippen LogP contribution in [0, 0.1) is 5.41 Å². The van der Waals surface area contributed by atoms with Crippen molar-refractivity contribution in [2.75, 3.05) is 19.8 Å². The summed E-state index contributed by atoms with van der Waals surface area (Å²) in [5.41, 5.74) is 0.176. The third-order valence-electron chi connectivity index (χ3n) is 7.65. The Labute approximate surface area is 246 Å². The van der Waals surface area contributed by atoms with E-state index in [2.05, 4.69) is 5.32 Å². The Kier molecular flexibility index (Phi) is 9.47. The summed E-state index contributed by atoms with van der Waals surface area (Å²) < 4.78 is 40.3. The minimum Gasteiger partial charge on any atom is -0.486 e. The van der Waals surface area contributed by atoms with Crippen molar-refractivity contribution in [3.05, 3.63) is 54.1 Å². The lowest BCUT2D eigenvalue weighted by Gasteiger charge is -2.37. The highest BCUT2D eigenvalue weighted by molar-refractivity contribution is 7.89. The standard InChI is InChI=1S/C30H39N3O8S/c1-5-6-12-23(27(34)28(35)31-20(2)21-10-8-7-9-11-21)33(29(36)37)26-18-30(3,4)19-32(26)42(38,39)22-13-14-24-25(17-22)41-16-15-40-24/h7-11,13-14,17,20,23,26H,5-6,12,15-16,18-19H2,1-4H3,(H,31,35)(H,36,37)/t20?,23-,26?/m0/s1. The molecule has 2 heterocycles. The van der Waals surface area contributed by atoms with Crippen molar-refractivity contribution in [1.82, 2.24) is 14.5 Å². The van der Waals surface area contributed by atoms with Crippen LogP contribution in [0.5, 0.6) is 11.5 Å². The third-order valence-corrected chi connectivity index (χ3v) is 9.49. The van der Waals surface area contributed by atoms with Crippen molar-refractivity contribution in [2.24, 2.45) is 5.41 Å². The maximum atomic E-state index is 14.0. The van der Waals surface area contributed by atoms with Crippen molar-refractivity contribution >= 4 is 27.8 Å². The molecule has 3 atom stereocenters. The van der Waals surface area contributed by atoms with Crippen molar-refractivity contribution in [2.45, 2.75) is 76.5 Å². The van der Waals surface area contributed by atoms with E-state index in [-0.39, 0.29) is 36.6 Å². The van der Waals surface area contributed by atoms with Gasteiger partial charge >= 0.3 is 6.09 Å². The van der Waals surface area contributed by atoms with Crippen molar-refractivity contribution in [1.29, 1.82) is 0 Å². The van der Waals surface area contributed by atoms with E-state index in [1.165, 1.54) is 18.2 Å². The molecule has 0 aromatic heterocycles. The van der Waals surface area contributed by atoms with E-state index in [0.717, 1.165) is 14.8 Å². The first-order valence-electron chi connectivity index (χ1n) is 14.2. The number of ether oxygens (including phenoxy) is 2. The van der Waals surface area contributed by atoms with E-state index in [9.17, 15) is 27.9 Å². The number of fused-ring (bicyclic) bond motifs is 1. The predicted molar refractivity (Wildman–Crippen MR) is 155 cm³/mol. The maximum Gasteiger partial charge on any atom is 0.409 e. The molecule has 12 heteroatoms. The summed E-state index contributed by atoms with van der Waals surface area (Å²) in [6.45, 7) is 7.95. The van der Waals surface area contributed by atoms with Gasteiger partial charge in [-0.3, -0.25) is 14.5 Å². The van der Waals surface area contributed by atoms with Crippen LogP contribution in [0.25, 0.3) is 0 Å². The lowest BCUT2D eigenvalue weighted by Crippen LogP contribution is -2.58. The van der Waals surface area contributed by atoms with Gasteiger partial charge < -0.3 is 19.9 Å². The van der Waals surface area contributed by atoms with Gasteiger partial charge in [0.25, 0.3) is 5.91 Å². The third kappa shape index (κ3) is 6.70. The Balaban J connectivity index is 1.68. The van der Waals surface area contributed by atoms with Gasteiger partial charge in [-0.05, 0) is 42.9 Å². The molecule has 2 aromatic carbocycles. The van der Waals surface area contributed by atoms with Crippen LogP contribution < -0.4 is 14.8 Å². The molecule has 0 aliphatic carbocycles. The summed E-state index contributed by atoms with van der Waals surface area (Å²) in [5.74, 6) is -1.13. The van der Waals surface area contributed by atoms with E-state index in [0.29, 0.717) is 25.2 Å². The van der Waals surface area contributed by atoms with Gasteiger partial charge in [0, 0.05) is 12.6 Å². The molecule has 1 saturated heterocycles. The van der Waals surface area contributed by atoms with Gasteiger partial charge in [-0.15, -0.1) is 0 Å².